The first kappa shape index (κ1) is 18.7. The lowest BCUT2D eigenvalue weighted by molar-refractivity contribution is -0.135. The van der Waals surface area contributed by atoms with Gasteiger partial charge in [0.05, 0.1) is 12.0 Å². The van der Waals surface area contributed by atoms with E-state index < -0.39 is 11.8 Å². The van der Waals surface area contributed by atoms with Crippen LogP contribution in [0.1, 0.15) is 11.1 Å². The summed E-state index contributed by atoms with van der Waals surface area (Å²) in [4.78, 5) is 16.7. The number of carbonyl (C=O) groups is 1. The number of benzene rings is 2. The van der Waals surface area contributed by atoms with E-state index in [0.717, 1.165) is 17.3 Å². The number of para-hydroxylation sites is 1. The SMILES string of the molecule is COC(=O)C1=C(O)/C(=C\c2ccc(O)c(C)c2)SC1=Nc1ccccc1F. The third-order valence-electron chi connectivity index (χ3n) is 3.87. The molecule has 3 rings (SSSR count). The molecule has 0 amide bonds. The van der Waals surface area contributed by atoms with Gasteiger partial charge < -0.3 is 14.9 Å². The molecule has 0 saturated carbocycles. The standard InChI is InChI=1S/C20H16FNO4S/c1-11-9-12(7-8-15(11)23)10-16-18(24)17(20(25)26-2)19(27-16)22-14-6-4-3-5-13(14)21/h3-10,23-24H,1-2H3/b16-10+,22-19?. The van der Waals surface area contributed by atoms with Crippen molar-refractivity contribution >= 4 is 34.5 Å². The van der Waals surface area contributed by atoms with Crippen LogP contribution < -0.4 is 0 Å². The van der Waals surface area contributed by atoms with Crippen molar-refractivity contribution in [3.05, 3.63) is 75.6 Å². The van der Waals surface area contributed by atoms with E-state index in [0.29, 0.717) is 10.5 Å². The Balaban J connectivity index is 2.07. The first-order chi connectivity index (χ1) is 12.9. The second kappa shape index (κ2) is 7.67. The van der Waals surface area contributed by atoms with E-state index >= 15 is 0 Å². The topological polar surface area (TPSA) is 79.1 Å². The summed E-state index contributed by atoms with van der Waals surface area (Å²) < 4.78 is 18.7. The van der Waals surface area contributed by atoms with Crippen molar-refractivity contribution in [2.24, 2.45) is 4.99 Å². The fourth-order valence-electron chi connectivity index (χ4n) is 2.46. The number of carbonyl (C=O) groups excluding carboxylic acids is 1. The van der Waals surface area contributed by atoms with Crippen LogP contribution in [0.2, 0.25) is 0 Å². The van der Waals surface area contributed by atoms with Crippen LogP contribution in [0.3, 0.4) is 0 Å². The molecule has 0 spiro atoms. The zero-order valence-electron chi connectivity index (χ0n) is 14.6. The third-order valence-corrected chi connectivity index (χ3v) is 4.89. The molecule has 27 heavy (non-hydrogen) atoms. The molecule has 0 saturated heterocycles. The Bertz CT molecular complexity index is 1010. The first-order valence-electron chi connectivity index (χ1n) is 7.95. The number of hydrogen-bond donors (Lipinski definition) is 2. The van der Waals surface area contributed by atoms with Crippen molar-refractivity contribution in [2.45, 2.75) is 6.92 Å². The minimum absolute atomic E-state index is 0.0518. The van der Waals surface area contributed by atoms with E-state index in [1.54, 1.807) is 31.2 Å². The Morgan fingerprint density at radius 3 is 2.63 bits per heavy atom. The van der Waals surface area contributed by atoms with Gasteiger partial charge in [0.25, 0.3) is 0 Å². The van der Waals surface area contributed by atoms with Crippen LogP contribution in [-0.4, -0.2) is 28.3 Å². The van der Waals surface area contributed by atoms with Crippen molar-refractivity contribution in [1.29, 1.82) is 0 Å². The fraction of sp³-hybridized carbons (Fsp3) is 0.100. The van der Waals surface area contributed by atoms with Crippen molar-refractivity contribution in [2.75, 3.05) is 7.11 Å². The van der Waals surface area contributed by atoms with E-state index in [1.807, 2.05) is 0 Å². The number of aryl methyl sites for hydroxylation is 1. The second-order valence-electron chi connectivity index (χ2n) is 5.74. The third kappa shape index (κ3) is 3.88. The lowest BCUT2D eigenvalue weighted by Gasteiger charge is -2.02. The lowest BCUT2D eigenvalue weighted by atomic mass is 10.1. The molecule has 7 heteroatoms. The Kier molecular flexibility index (Phi) is 5.32. The largest absolute Gasteiger partial charge is 0.508 e. The number of nitrogens with zero attached hydrogens (tertiary/aromatic N) is 1. The van der Waals surface area contributed by atoms with E-state index in [-0.39, 0.29) is 27.8 Å². The fourth-order valence-corrected chi connectivity index (χ4v) is 3.49. The molecule has 0 atom stereocenters. The minimum atomic E-state index is -0.764. The van der Waals surface area contributed by atoms with Crippen LogP contribution in [-0.2, 0) is 9.53 Å². The molecule has 5 nitrogen and oxygen atoms in total. The number of rotatable bonds is 3. The van der Waals surface area contributed by atoms with Crippen LogP contribution >= 0.6 is 11.8 Å². The van der Waals surface area contributed by atoms with Gasteiger partial charge in [0.2, 0.25) is 0 Å². The molecular weight excluding hydrogens is 369 g/mol. The van der Waals surface area contributed by atoms with Crippen LogP contribution in [0.4, 0.5) is 10.1 Å². The number of methoxy groups -OCH3 is 1. The molecule has 0 fully saturated rings. The number of halogens is 1. The normalized spacial score (nSPS) is 17.0. The molecule has 1 aliphatic heterocycles. The van der Waals surface area contributed by atoms with Gasteiger partial charge in [-0.25, -0.2) is 14.2 Å². The number of aromatic hydroxyl groups is 1. The summed E-state index contributed by atoms with van der Waals surface area (Å²) in [5.74, 6) is -1.43. The van der Waals surface area contributed by atoms with Gasteiger partial charge in [0.1, 0.15) is 33.6 Å². The number of ether oxygens (including phenoxy) is 1. The van der Waals surface area contributed by atoms with E-state index in [9.17, 15) is 19.4 Å². The summed E-state index contributed by atoms with van der Waals surface area (Å²) in [5.41, 5.74) is 1.32. The predicted molar refractivity (Wildman–Crippen MR) is 104 cm³/mol. The van der Waals surface area contributed by atoms with Gasteiger partial charge in [0, 0.05) is 0 Å². The van der Waals surface area contributed by atoms with Gasteiger partial charge in [0.15, 0.2) is 0 Å². The highest BCUT2D eigenvalue weighted by Crippen LogP contribution is 2.40. The minimum Gasteiger partial charge on any atom is -0.508 e. The number of hydrogen-bond acceptors (Lipinski definition) is 6. The Morgan fingerprint density at radius 2 is 1.96 bits per heavy atom. The van der Waals surface area contributed by atoms with Crippen molar-refractivity contribution in [1.82, 2.24) is 0 Å². The number of aliphatic hydroxyl groups excluding tert-OH is 1. The smallest absolute Gasteiger partial charge is 0.344 e. The average Bonchev–Trinajstić information content (AvgIpc) is 2.95. The van der Waals surface area contributed by atoms with E-state index in [4.69, 9.17) is 4.74 Å². The number of phenols is 1. The van der Waals surface area contributed by atoms with Crippen LogP contribution in [0.5, 0.6) is 5.75 Å². The van der Waals surface area contributed by atoms with Gasteiger partial charge in [-0.1, -0.05) is 30.0 Å². The highest BCUT2D eigenvalue weighted by molar-refractivity contribution is 8.18. The average molecular weight is 385 g/mol. The second-order valence-corrected chi connectivity index (χ2v) is 6.77. The lowest BCUT2D eigenvalue weighted by Crippen LogP contribution is -2.10. The summed E-state index contributed by atoms with van der Waals surface area (Å²) in [7, 11) is 1.19. The van der Waals surface area contributed by atoms with Crippen LogP contribution in [0.15, 0.2) is 63.7 Å². The van der Waals surface area contributed by atoms with E-state index in [1.165, 1.54) is 31.4 Å². The van der Waals surface area contributed by atoms with Crippen molar-refractivity contribution < 1.29 is 24.1 Å². The van der Waals surface area contributed by atoms with Gasteiger partial charge >= 0.3 is 5.97 Å². The summed E-state index contributed by atoms with van der Waals surface area (Å²) in [6.45, 7) is 1.75. The summed E-state index contributed by atoms with van der Waals surface area (Å²) in [6.07, 6.45) is 1.65. The van der Waals surface area contributed by atoms with Crippen molar-refractivity contribution in [3.8, 4) is 5.75 Å². The Hall–Kier alpha value is -3.06. The summed E-state index contributed by atoms with van der Waals surface area (Å²) in [5, 5.41) is 20.3. The summed E-state index contributed by atoms with van der Waals surface area (Å²) >= 11 is 1.04. The molecular formula is C20H16FNO4S. The molecule has 0 radical (unpaired) electrons. The van der Waals surface area contributed by atoms with Gasteiger partial charge in [-0.05, 0) is 48.4 Å². The molecule has 1 heterocycles. The molecule has 1 aliphatic rings. The maximum Gasteiger partial charge on any atom is 0.344 e. The predicted octanol–water partition coefficient (Wildman–Crippen LogP) is 4.64. The number of phenolic OH excluding ortho intramolecular Hbond substituents is 1. The zero-order chi connectivity index (χ0) is 19.6. The number of esters is 1. The quantitative estimate of drug-likeness (QED) is 0.753. The maximum atomic E-state index is 13.9. The highest BCUT2D eigenvalue weighted by Gasteiger charge is 2.33. The molecule has 0 bridgehead atoms. The maximum absolute atomic E-state index is 13.9. The monoisotopic (exact) mass is 385 g/mol. The molecule has 138 valence electrons. The van der Waals surface area contributed by atoms with Gasteiger partial charge in [-0.2, -0.15) is 0 Å². The van der Waals surface area contributed by atoms with Gasteiger partial charge in [-0.3, -0.25) is 0 Å². The molecule has 0 unspecified atom stereocenters. The Labute approximate surface area is 159 Å². The molecule has 0 aliphatic carbocycles. The molecule has 0 aromatic heterocycles. The number of aliphatic imine (C=N–C) groups is 1. The number of aliphatic hydroxyl groups is 1. The van der Waals surface area contributed by atoms with Crippen LogP contribution in [0.25, 0.3) is 6.08 Å². The van der Waals surface area contributed by atoms with Gasteiger partial charge in [-0.15, -0.1) is 0 Å². The molecule has 2 aromatic carbocycles. The molecule has 2 aromatic rings. The van der Waals surface area contributed by atoms with E-state index in [2.05, 4.69) is 4.99 Å². The van der Waals surface area contributed by atoms with Crippen LogP contribution in [0, 0.1) is 12.7 Å². The zero-order valence-corrected chi connectivity index (χ0v) is 15.4. The first-order valence-corrected chi connectivity index (χ1v) is 8.77. The molecule has 2 N–H and O–H groups in total. The summed E-state index contributed by atoms with van der Waals surface area (Å²) in [6, 6.07) is 10.8. The highest BCUT2D eigenvalue weighted by atomic mass is 32.2. The van der Waals surface area contributed by atoms with Crippen molar-refractivity contribution in [3.63, 3.8) is 0 Å². The number of thioether (sulfide) groups is 1. The Morgan fingerprint density at radius 1 is 1.22 bits per heavy atom.